The van der Waals surface area contributed by atoms with Gasteiger partial charge in [0.25, 0.3) is 0 Å². The van der Waals surface area contributed by atoms with Crippen molar-refractivity contribution in [1.29, 1.82) is 0 Å². The summed E-state index contributed by atoms with van der Waals surface area (Å²) in [6.07, 6.45) is -3.69. The number of amides is 2. The lowest BCUT2D eigenvalue weighted by Crippen LogP contribution is -2.48. The van der Waals surface area contributed by atoms with Gasteiger partial charge in [-0.15, -0.1) is 0 Å². The van der Waals surface area contributed by atoms with Crippen molar-refractivity contribution in [2.75, 3.05) is 19.0 Å². The molecule has 0 fully saturated rings. The minimum atomic E-state index is -5.23. The highest BCUT2D eigenvalue weighted by atomic mass is 19.4. The van der Waals surface area contributed by atoms with Gasteiger partial charge in [0.05, 0.1) is 7.11 Å². The summed E-state index contributed by atoms with van der Waals surface area (Å²) in [5.74, 6) is -4.08. The molecule has 0 saturated heterocycles. The first kappa shape index (κ1) is 26.5. The van der Waals surface area contributed by atoms with Gasteiger partial charge in [-0.1, -0.05) is 12.5 Å². The van der Waals surface area contributed by atoms with Crippen LogP contribution in [-0.4, -0.2) is 54.7 Å². The Kier molecular flexibility index (Phi) is 10.3. The Labute approximate surface area is 182 Å². The van der Waals surface area contributed by atoms with Crippen molar-refractivity contribution in [3.8, 4) is 5.75 Å². The van der Waals surface area contributed by atoms with Crippen LogP contribution in [0.2, 0.25) is 0 Å². The molecule has 1 aromatic carbocycles. The van der Waals surface area contributed by atoms with Crippen molar-refractivity contribution in [2.45, 2.75) is 44.3 Å². The lowest BCUT2D eigenvalue weighted by molar-refractivity contribution is -0.175. The van der Waals surface area contributed by atoms with Crippen LogP contribution in [0.25, 0.3) is 0 Å². The molecule has 13 heteroatoms. The molecule has 32 heavy (non-hydrogen) atoms. The average molecular weight is 461 g/mol. The number of benzene rings is 1. The number of anilines is 1. The highest BCUT2D eigenvalue weighted by Crippen LogP contribution is 2.25. The minimum Gasteiger partial charge on any atom is -0.497 e. The Hall–Kier alpha value is -3.51. The molecule has 0 heterocycles. The molecule has 0 bridgehead atoms. The summed E-state index contributed by atoms with van der Waals surface area (Å²) in [7, 11) is 1.38. The van der Waals surface area contributed by atoms with Gasteiger partial charge in [0, 0.05) is 31.1 Å². The number of aliphatic carboxylic acids is 1. The van der Waals surface area contributed by atoms with E-state index in [2.05, 4.69) is 10.3 Å². The number of nitrogens with zero attached hydrogens (tertiary/aromatic N) is 1. The number of carboxylic acid groups (broad SMARTS) is 1. The summed E-state index contributed by atoms with van der Waals surface area (Å²) in [6.45, 7) is 0.435. The normalized spacial score (nSPS) is 11.9. The molecule has 0 aliphatic heterocycles. The van der Waals surface area contributed by atoms with Crippen LogP contribution in [0.4, 0.5) is 18.9 Å². The molecular weight excluding hydrogens is 435 g/mol. The number of carboxylic acids is 1. The molecule has 1 aromatic rings. The van der Waals surface area contributed by atoms with Crippen LogP contribution in [0.1, 0.15) is 31.2 Å². The maximum Gasteiger partial charge on any atom is 0.471 e. The van der Waals surface area contributed by atoms with Crippen molar-refractivity contribution in [3.63, 3.8) is 0 Å². The number of halogens is 3. The quantitative estimate of drug-likeness (QED) is 0.177. The van der Waals surface area contributed by atoms with Crippen LogP contribution in [0.3, 0.4) is 0 Å². The van der Waals surface area contributed by atoms with Crippen LogP contribution >= 0.6 is 0 Å². The van der Waals surface area contributed by atoms with Crippen LogP contribution in [0.15, 0.2) is 23.2 Å². The highest BCUT2D eigenvalue weighted by molar-refractivity contribution is 5.92. The van der Waals surface area contributed by atoms with E-state index in [-0.39, 0.29) is 29.5 Å². The number of methoxy groups -OCH3 is 1. The van der Waals surface area contributed by atoms with Crippen LogP contribution in [0.5, 0.6) is 5.75 Å². The van der Waals surface area contributed by atoms with Crippen molar-refractivity contribution in [1.82, 2.24) is 5.32 Å². The van der Waals surface area contributed by atoms with Gasteiger partial charge in [-0.2, -0.15) is 13.2 Å². The fourth-order valence-electron chi connectivity index (χ4n) is 2.63. The van der Waals surface area contributed by atoms with E-state index in [0.717, 1.165) is 0 Å². The van der Waals surface area contributed by atoms with Crippen LogP contribution < -0.4 is 26.8 Å². The first-order valence-corrected chi connectivity index (χ1v) is 9.56. The van der Waals surface area contributed by atoms with Crippen molar-refractivity contribution in [2.24, 2.45) is 16.5 Å². The smallest absolute Gasteiger partial charge is 0.471 e. The molecule has 1 atom stereocenters. The third-order valence-electron chi connectivity index (χ3n) is 4.23. The Morgan fingerprint density at radius 1 is 1.19 bits per heavy atom. The zero-order valence-electron chi connectivity index (χ0n) is 17.4. The Morgan fingerprint density at radius 2 is 1.88 bits per heavy atom. The van der Waals surface area contributed by atoms with Gasteiger partial charge >= 0.3 is 18.1 Å². The molecule has 0 aliphatic carbocycles. The molecule has 0 aromatic heterocycles. The second-order valence-electron chi connectivity index (χ2n) is 6.75. The molecule has 0 saturated carbocycles. The molecule has 7 N–H and O–H groups in total. The summed E-state index contributed by atoms with van der Waals surface area (Å²) in [5, 5.41) is 13.3. The number of carbonyl (C=O) groups excluding carboxylic acids is 2. The fraction of sp³-hybridized carbons (Fsp3) is 0.474. The molecule has 178 valence electrons. The summed E-state index contributed by atoms with van der Waals surface area (Å²) >= 11 is 0. The molecule has 0 spiro atoms. The van der Waals surface area contributed by atoms with E-state index < -0.39 is 30.5 Å². The number of hydrogen-bond donors (Lipinski definition) is 5. The standard InChI is InChI=1S/C19H26F3N5O5/c1-32-12-7-6-11(9-14(16(29)30)27-17(31)19(20,21)22)13(10-12)26-15(28)5-3-2-4-8-25-18(23)24/h6-7,10,14H,2-5,8-9H2,1H3,(H,26,28)(H,27,31)(H,29,30)(H4,23,24,25)/t14-/m0/s1. The van der Waals surface area contributed by atoms with Crippen molar-refractivity contribution >= 4 is 29.4 Å². The average Bonchev–Trinajstić information content (AvgIpc) is 2.69. The van der Waals surface area contributed by atoms with Gasteiger partial charge in [0.15, 0.2) is 5.96 Å². The number of aliphatic imine (C=N–C) groups is 1. The van der Waals surface area contributed by atoms with Crippen molar-refractivity contribution in [3.05, 3.63) is 23.8 Å². The zero-order chi connectivity index (χ0) is 24.3. The summed E-state index contributed by atoms with van der Waals surface area (Å²) in [5.41, 5.74) is 10.8. The molecule has 1 rings (SSSR count). The van der Waals surface area contributed by atoms with Gasteiger partial charge in [-0.3, -0.25) is 14.6 Å². The second kappa shape index (κ2) is 12.4. The van der Waals surface area contributed by atoms with E-state index in [9.17, 15) is 32.7 Å². The predicted molar refractivity (Wildman–Crippen MR) is 110 cm³/mol. The molecule has 10 nitrogen and oxygen atoms in total. The third-order valence-corrected chi connectivity index (χ3v) is 4.23. The fourth-order valence-corrected chi connectivity index (χ4v) is 2.63. The second-order valence-corrected chi connectivity index (χ2v) is 6.75. The number of alkyl halides is 3. The summed E-state index contributed by atoms with van der Waals surface area (Å²) < 4.78 is 42.6. The highest BCUT2D eigenvalue weighted by Gasteiger charge is 2.41. The topological polar surface area (TPSA) is 169 Å². The Balaban J connectivity index is 2.84. The summed E-state index contributed by atoms with van der Waals surface area (Å²) in [4.78, 5) is 38.6. The maximum absolute atomic E-state index is 12.5. The minimum absolute atomic E-state index is 0.0145. The maximum atomic E-state index is 12.5. The molecule has 0 radical (unpaired) electrons. The van der Waals surface area contributed by atoms with Gasteiger partial charge in [0.1, 0.15) is 11.8 Å². The van der Waals surface area contributed by atoms with E-state index in [1.165, 1.54) is 30.6 Å². The van der Waals surface area contributed by atoms with E-state index >= 15 is 0 Å². The van der Waals surface area contributed by atoms with E-state index in [0.29, 0.717) is 31.6 Å². The molecular formula is C19H26F3N5O5. The number of rotatable bonds is 12. The first-order valence-electron chi connectivity index (χ1n) is 9.56. The molecule has 2 amide bonds. The largest absolute Gasteiger partial charge is 0.497 e. The lowest BCUT2D eigenvalue weighted by Gasteiger charge is -2.18. The number of nitrogens with two attached hydrogens (primary N) is 2. The molecule has 0 unspecified atom stereocenters. The first-order chi connectivity index (χ1) is 14.9. The Morgan fingerprint density at radius 3 is 2.44 bits per heavy atom. The van der Waals surface area contributed by atoms with E-state index in [1.54, 1.807) is 0 Å². The monoisotopic (exact) mass is 461 g/mol. The van der Waals surface area contributed by atoms with Crippen LogP contribution in [-0.2, 0) is 20.8 Å². The Bertz CT molecular complexity index is 841. The zero-order valence-corrected chi connectivity index (χ0v) is 17.4. The number of unbranched alkanes of at least 4 members (excludes halogenated alkanes) is 2. The molecule has 0 aliphatic rings. The SMILES string of the molecule is COc1ccc(C[C@H](NC(=O)C(F)(F)F)C(=O)O)c(NC(=O)CCCCCN=C(N)N)c1. The van der Waals surface area contributed by atoms with Gasteiger partial charge in [-0.25, -0.2) is 4.79 Å². The number of nitrogens with one attached hydrogen (secondary N) is 2. The number of ether oxygens (including phenoxy) is 1. The third kappa shape index (κ3) is 9.53. The van der Waals surface area contributed by atoms with E-state index in [1.807, 2.05) is 0 Å². The number of carbonyl (C=O) groups is 3. The predicted octanol–water partition coefficient (Wildman–Crippen LogP) is 1.14. The van der Waals surface area contributed by atoms with Gasteiger partial charge in [-0.05, 0) is 24.5 Å². The lowest BCUT2D eigenvalue weighted by atomic mass is 10.0. The van der Waals surface area contributed by atoms with Crippen molar-refractivity contribution < 1.29 is 37.4 Å². The number of guanidine groups is 1. The number of hydrogen-bond acceptors (Lipinski definition) is 5. The van der Waals surface area contributed by atoms with E-state index in [4.69, 9.17) is 16.2 Å². The summed E-state index contributed by atoms with van der Waals surface area (Å²) in [6, 6.07) is 2.42. The van der Waals surface area contributed by atoms with Crippen LogP contribution in [0, 0.1) is 0 Å². The van der Waals surface area contributed by atoms with Gasteiger partial charge in [0.2, 0.25) is 5.91 Å². The van der Waals surface area contributed by atoms with Gasteiger partial charge < -0.3 is 31.9 Å².